The molecule has 0 aromatic rings. The van der Waals surface area contributed by atoms with Crippen molar-refractivity contribution in [3.8, 4) is 0 Å². The van der Waals surface area contributed by atoms with Crippen molar-refractivity contribution < 1.29 is 4.79 Å². The van der Waals surface area contributed by atoms with Crippen LogP contribution in [-0.4, -0.2) is 13.0 Å². The molecule has 0 aliphatic heterocycles. The molecule has 2 nitrogen and oxygen atoms in total. The van der Waals surface area contributed by atoms with Gasteiger partial charge < -0.3 is 5.32 Å². The van der Waals surface area contributed by atoms with Crippen LogP contribution in [0.1, 0.15) is 58.3 Å². The number of carbonyl (C=O) groups is 1. The number of allylic oxidation sites excluding steroid dienone is 2. The highest BCUT2D eigenvalue weighted by atomic mass is 16.1. The maximum atomic E-state index is 10.9. The molecule has 1 amide bonds. The van der Waals surface area contributed by atoms with Gasteiger partial charge in [-0.25, -0.2) is 0 Å². The van der Waals surface area contributed by atoms with E-state index in [0.29, 0.717) is 6.42 Å². The van der Waals surface area contributed by atoms with Gasteiger partial charge in [-0.1, -0.05) is 38.3 Å². The summed E-state index contributed by atoms with van der Waals surface area (Å²) in [6.45, 7) is 2.16. The summed E-state index contributed by atoms with van der Waals surface area (Å²) in [7, 11) is 1.70. The largest absolute Gasteiger partial charge is 0.359 e. The summed E-state index contributed by atoms with van der Waals surface area (Å²) in [5.41, 5.74) is 0. The van der Waals surface area contributed by atoms with Crippen molar-refractivity contribution >= 4 is 5.91 Å². The second-order valence-electron chi connectivity index (χ2n) is 3.86. The third-order valence-corrected chi connectivity index (χ3v) is 2.46. The molecule has 0 aliphatic carbocycles. The van der Waals surface area contributed by atoms with Crippen LogP contribution in [0.3, 0.4) is 0 Å². The molecule has 0 atom stereocenters. The van der Waals surface area contributed by atoms with Crippen molar-refractivity contribution in [2.75, 3.05) is 7.05 Å². The van der Waals surface area contributed by atoms with E-state index in [2.05, 4.69) is 24.4 Å². The Labute approximate surface area is 94.1 Å². The zero-order chi connectivity index (χ0) is 11.4. The molecule has 0 bridgehead atoms. The van der Waals surface area contributed by atoms with E-state index in [-0.39, 0.29) is 5.91 Å². The predicted octanol–water partition coefficient (Wildman–Crippen LogP) is 3.43. The number of rotatable bonds is 9. The lowest BCUT2D eigenvalue weighted by molar-refractivity contribution is -0.120. The fraction of sp³-hybridized carbons (Fsp3) is 0.769. The molecule has 0 unspecified atom stereocenters. The zero-order valence-electron chi connectivity index (χ0n) is 10.2. The minimum absolute atomic E-state index is 0.167. The quantitative estimate of drug-likeness (QED) is 0.459. The van der Waals surface area contributed by atoms with Crippen molar-refractivity contribution in [3.63, 3.8) is 0 Å². The third kappa shape index (κ3) is 11.1. The summed E-state index contributed by atoms with van der Waals surface area (Å²) in [4.78, 5) is 10.9. The van der Waals surface area contributed by atoms with Gasteiger partial charge in [-0.05, 0) is 25.7 Å². The molecule has 0 saturated carbocycles. The smallest absolute Gasteiger partial charge is 0.219 e. The molecule has 0 rings (SSSR count). The summed E-state index contributed by atoms with van der Waals surface area (Å²) >= 11 is 0. The average molecular weight is 211 g/mol. The van der Waals surface area contributed by atoms with Gasteiger partial charge >= 0.3 is 0 Å². The van der Waals surface area contributed by atoms with Crippen LogP contribution in [0.15, 0.2) is 12.2 Å². The topological polar surface area (TPSA) is 29.1 Å². The maximum absolute atomic E-state index is 10.9. The molecule has 2 heteroatoms. The van der Waals surface area contributed by atoms with E-state index in [0.717, 1.165) is 12.8 Å². The van der Waals surface area contributed by atoms with E-state index >= 15 is 0 Å². The molecule has 1 N–H and O–H groups in total. The van der Waals surface area contributed by atoms with Gasteiger partial charge in [0.15, 0.2) is 0 Å². The Balaban J connectivity index is 3.05. The molecule has 88 valence electrons. The third-order valence-electron chi connectivity index (χ3n) is 2.46. The number of hydrogen-bond donors (Lipinski definition) is 1. The normalized spacial score (nSPS) is 10.8. The van der Waals surface area contributed by atoms with Gasteiger partial charge in [0.1, 0.15) is 0 Å². The molecule has 15 heavy (non-hydrogen) atoms. The van der Waals surface area contributed by atoms with E-state index in [1.54, 1.807) is 7.05 Å². The second-order valence-corrected chi connectivity index (χ2v) is 3.86. The Morgan fingerprint density at radius 3 is 2.40 bits per heavy atom. The van der Waals surface area contributed by atoms with Gasteiger partial charge in [-0.2, -0.15) is 0 Å². The van der Waals surface area contributed by atoms with Crippen LogP contribution >= 0.6 is 0 Å². The molecule has 0 heterocycles. The van der Waals surface area contributed by atoms with Crippen molar-refractivity contribution in [1.82, 2.24) is 5.32 Å². The predicted molar refractivity (Wildman–Crippen MR) is 65.8 cm³/mol. The molecule has 0 aromatic carbocycles. The van der Waals surface area contributed by atoms with Crippen LogP contribution in [0.2, 0.25) is 0 Å². The molecular weight excluding hydrogens is 186 g/mol. The summed E-state index contributed by atoms with van der Waals surface area (Å²) in [5.74, 6) is 0.167. The van der Waals surface area contributed by atoms with Gasteiger partial charge in [0.25, 0.3) is 0 Å². The lowest BCUT2D eigenvalue weighted by atomic mass is 10.1. The summed E-state index contributed by atoms with van der Waals surface area (Å²) in [5, 5.41) is 2.64. The van der Waals surface area contributed by atoms with Crippen LogP contribution in [-0.2, 0) is 4.79 Å². The lowest BCUT2D eigenvalue weighted by Crippen LogP contribution is -2.16. The minimum atomic E-state index is 0.167. The van der Waals surface area contributed by atoms with Crippen molar-refractivity contribution in [1.29, 1.82) is 0 Å². The van der Waals surface area contributed by atoms with Crippen LogP contribution < -0.4 is 5.32 Å². The molecule has 0 saturated heterocycles. The second kappa shape index (κ2) is 11.3. The highest BCUT2D eigenvalue weighted by Crippen LogP contribution is 2.07. The Morgan fingerprint density at radius 1 is 1.07 bits per heavy atom. The molecular formula is C13H25NO. The van der Waals surface area contributed by atoms with Gasteiger partial charge in [0.05, 0.1) is 0 Å². The van der Waals surface area contributed by atoms with Gasteiger partial charge in [0, 0.05) is 13.5 Å². The summed E-state index contributed by atoms with van der Waals surface area (Å²) in [6, 6.07) is 0. The van der Waals surface area contributed by atoms with E-state index < -0.39 is 0 Å². The fourth-order valence-corrected chi connectivity index (χ4v) is 1.49. The first kappa shape index (κ1) is 14.2. The Hall–Kier alpha value is -0.790. The monoisotopic (exact) mass is 211 g/mol. The summed E-state index contributed by atoms with van der Waals surface area (Å²) in [6.07, 6.45) is 13.6. The first-order chi connectivity index (χ1) is 7.31. The number of unbranched alkanes of at least 4 members (excludes halogenated alkanes) is 5. The molecule has 0 radical (unpaired) electrons. The van der Waals surface area contributed by atoms with E-state index in [1.165, 1.54) is 32.1 Å². The number of amides is 1. The SMILES string of the molecule is CC/C=C/CCCCCCCC(=O)NC. The Bertz CT molecular complexity index is 175. The van der Waals surface area contributed by atoms with Gasteiger partial charge in [0.2, 0.25) is 5.91 Å². The van der Waals surface area contributed by atoms with Crippen molar-refractivity contribution in [3.05, 3.63) is 12.2 Å². The minimum Gasteiger partial charge on any atom is -0.359 e. The molecule has 0 aromatic heterocycles. The highest BCUT2D eigenvalue weighted by Gasteiger charge is 1.96. The van der Waals surface area contributed by atoms with E-state index in [4.69, 9.17) is 0 Å². The van der Waals surface area contributed by atoms with Gasteiger partial charge in [-0.15, -0.1) is 0 Å². The number of nitrogens with one attached hydrogen (secondary N) is 1. The van der Waals surface area contributed by atoms with E-state index in [1.807, 2.05) is 0 Å². The van der Waals surface area contributed by atoms with E-state index in [9.17, 15) is 4.79 Å². The number of hydrogen-bond acceptors (Lipinski definition) is 1. The van der Waals surface area contributed by atoms with Gasteiger partial charge in [-0.3, -0.25) is 4.79 Å². The lowest BCUT2D eigenvalue weighted by Gasteiger charge is -2.00. The first-order valence-corrected chi connectivity index (χ1v) is 6.16. The number of carbonyl (C=O) groups excluding carboxylic acids is 1. The maximum Gasteiger partial charge on any atom is 0.219 e. The van der Waals surface area contributed by atoms with Crippen LogP contribution in [0.4, 0.5) is 0 Å². The van der Waals surface area contributed by atoms with Crippen LogP contribution in [0.25, 0.3) is 0 Å². The van der Waals surface area contributed by atoms with Crippen molar-refractivity contribution in [2.45, 2.75) is 58.3 Å². The molecule has 0 fully saturated rings. The zero-order valence-corrected chi connectivity index (χ0v) is 10.2. The standard InChI is InChI=1S/C13H25NO/c1-3-4-5-6-7-8-9-10-11-12-13(15)14-2/h4-5H,3,6-12H2,1-2H3,(H,14,15)/b5-4+. The fourth-order valence-electron chi connectivity index (χ4n) is 1.49. The Morgan fingerprint density at radius 2 is 1.73 bits per heavy atom. The summed E-state index contributed by atoms with van der Waals surface area (Å²) < 4.78 is 0. The van der Waals surface area contributed by atoms with Crippen LogP contribution in [0, 0.1) is 0 Å². The Kier molecular flexibility index (Phi) is 10.7. The van der Waals surface area contributed by atoms with Crippen LogP contribution in [0.5, 0.6) is 0 Å². The first-order valence-electron chi connectivity index (χ1n) is 6.16. The van der Waals surface area contributed by atoms with Crippen molar-refractivity contribution in [2.24, 2.45) is 0 Å². The molecule has 0 spiro atoms. The highest BCUT2D eigenvalue weighted by molar-refractivity contribution is 5.75. The molecule has 0 aliphatic rings. The average Bonchev–Trinajstić information content (AvgIpc) is 2.26.